The Morgan fingerprint density at radius 2 is 1.58 bits per heavy atom. The summed E-state index contributed by atoms with van der Waals surface area (Å²) in [6.07, 6.45) is -4.55. The van der Waals surface area contributed by atoms with E-state index in [0.29, 0.717) is 5.02 Å². The Balaban J connectivity index is 1.79. The highest BCUT2D eigenvalue weighted by Gasteiger charge is 2.31. The van der Waals surface area contributed by atoms with Crippen molar-refractivity contribution in [2.24, 2.45) is 0 Å². The molecule has 0 radical (unpaired) electrons. The van der Waals surface area contributed by atoms with Crippen LogP contribution in [0.15, 0.2) is 52.1 Å². The predicted octanol–water partition coefficient (Wildman–Crippen LogP) is 2.73. The van der Waals surface area contributed by atoms with Gasteiger partial charge in [0, 0.05) is 38.1 Å². The number of rotatable bonds is 4. The van der Waals surface area contributed by atoms with Crippen LogP contribution in [0.5, 0.6) is 0 Å². The molecule has 2 aromatic carbocycles. The van der Waals surface area contributed by atoms with Crippen LogP contribution in [0.1, 0.15) is 34.1 Å². The number of benzene rings is 2. The number of carbonyl (C=O) groups is 2. The largest absolute Gasteiger partial charge is 0.416 e. The molecule has 200 valence electrons. The topological polar surface area (TPSA) is 97.5 Å². The summed E-state index contributed by atoms with van der Waals surface area (Å²) in [5.74, 6) is -0.870. The minimum absolute atomic E-state index is 0.140. The fourth-order valence-electron chi connectivity index (χ4n) is 4.03. The average molecular weight is 550 g/mol. The summed E-state index contributed by atoms with van der Waals surface area (Å²) in [5.41, 5.74) is -2.13. The second-order valence-electron chi connectivity index (χ2n) is 8.86. The van der Waals surface area contributed by atoms with E-state index in [9.17, 15) is 32.3 Å². The molecule has 0 saturated carbocycles. The third kappa shape index (κ3) is 5.49. The molecule has 2 amide bonds. The number of halogens is 4. The number of aryl methyl sites for hydroxylation is 1. The molecule has 13 heteroatoms. The van der Waals surface area contributed by atoms with Crippen LogP contribution in [0.25, 0.3) is 5.69 Å². The maximum Gasteiger partial charge on any atom is 0.416 e. The summed E-state index contributed by atoms with van der Waals surface area (Å²) in [6.45, 7) is 3.64. The highest BCUT2D eigenvalue weighted by atomic mass is 35.5. The summed E-state index contributed by atoms with van der Waals surface area (Å²) < 4.78 is 40.5. The van der Waals surface area contributed by atoms with Crippen molar-refractivity contribution in [3.05, 3.63) is 90.7 Å². The Hall–Kier alpha value is -3.93. The molecular formula is C25H23ClF3N5O4. The molecule has 3 aromatic rings. The Bertz CT molecular complexity index is 1510. The second-order valence-corrected chi connectivity index (χ2v) is 9.27. The smallest absolute Gasteiger partial charge is 0.339 e. The Morgan fingerprint density at radius 3 is 2.13 bits per heavy atom. The molecule has 1 aliphatic heterocycles. The molecule has 2 heterocycles. The van der Waals surface area contributed by atoms with Gasteiger partial charge in [0.25, 0.3) is 11.5 Å². The van der Waals surface area contributed by atoms with Gasteiger partial charge >= 0.3 is 11.9 Å². The number of alkyl halides is 3. The van der Waals surface area contributed by atoms with E-state index < -0.39 is 41.1 Å². The van der Waals surface area contributed by atoms with Gasteiger partial charge in [0.2, 0.25) is 11.6 Å². The van der Waals surface area contributed by atoms with E-state index in [1.807, 2.05) is 0 Å². The molecule has 0 atom stereocenters. The van der Waals surface area contributed by atoms with Crippen LogP contribution in [-0.2, 0) is 17.5 Å². The summed E-state index contributed by atoms with van der Waals surface area (Å²) >= 11 is 6.22. The van der Waals surface area contributed by atoms with Crippen LogP contribution < -0.4 is 11.2 Å². The zero-order valence-electron chi connectivity index (χ0n) is 20.5. The van der Waals surface area contributed by atoms with Gasteiger partial charge in [0.1, 0.15) is 0 Å². The highest BCUT2D eigenvalue weighted by Crippen LogP contribution is 2.29. The van der Waals surface area contributed by atoms with Gasteiger partial charge in [-0.25, -0.2) is 4.79 Å². The van der Waals surface area contributed by atoms with Gasteiger partial charge in [0.05, 0.1) is 17.8 Å². The standard InChI is InChI=1S/C25H23ClF3N5O4/c1-15-3-8-19(13-20(15)26)34-24(38)33(14-17-4-6-18(7-5-17)25(27,28)29)23(37)21(30-34)22(36)32-11-9-31(10-12-32)16(2)35/h3-8,13H,9-12,14H2,1-2H3. The van der Waals surface area contributed by atoms with Crippen LogP contribution in [-0.4, -0.2) is 62.1 Å². The SMILES string of the molecule is CC(=O)N1CCN(C(=O)c2nn(-c3ccc(C)c(Cl)c3)c(=O)n(Cc3ccc(C(F)(F)F)cc3)c2=O)CC1. The first-order chi connectivity index (χ1) is 17.9. The molecule has 4 rings (SSSR count). The average Bonchev–Trinajstić information content (AvgIpc) is 2.88. The lowest BCUT2D eigenvalue weighted by atomic mass is 10.1. The molecule has 0 unspecified atom stereocenters. The number of carbonyl (C=O) groups excluding carboxylic acids is 2. The van der Waals surface area contributed by atoms with Crippen LogP contribution in [0.4, 0.5) is 13.2 Å². The second kappa shape index (κ2) is 10.4. The van der Waals surface area contributed by atoms with Gasteiger partial charge in [-0.2, -0.15) is 23.0 Å². The van der Waals surface area contributed by atoms with Crippen LogP contribution >= 0.6 is 11.6 Å². The van der Waals surface area contributed by atoms with Gasteiger partial charge in [-0.1, -0.05) is 29.8 Å². The number of amides is 2. The lowest BCUT2D eigenvalue weighted by molar-refractivity contribution is -0.137. The van der Waals surface area contributed by atoms with Crippen molar-refractivity contribution >= 4 is 23.4 Å². The maximum absolute atomic E-state index is 13.4. The van der Waals surface area contributed by atoms with Crippen molar-refractivity contribution < 1.29 is 22.8 Å². The van der Waals surface area contributed by atoms with Crippen molar-refractivity contribution in [2.75, 3.05) is 26.2 Å². The zero-order chi connectivity index (χ0) is 27.8. The number of nitrogens with zero attached hydrogens (tertiary/aromatic N) is 5. The molecule has 0 bridgehead atoms. The Kier molecular flexibility index (Phi) is 7.45. The predicted molar refractivity (Wildman–Crippen MR) is 133 cm³/mol. The molecule has 0 N–H and O–H groups in total. The van der Waals surface area contributed by atoms with E-state index in [4.69, 9.17) is 11.6 Å². The van der Waals surface area contributed by atoms with Gasteiger partial charge in [-0.05, 0) is 42.3 Å². The molecule has 9 nitrogen and oxygen atoms in total. The van der Waals surface area contributed by atoms with Crippen LogP contribution in [0, 0.1) is 6.92 Å². The van der Waals surface area contributed by atoms with E-state index in [2.05, 4.69) is 5.10 Å². The summed E-state index contributed by atoms with van der Waals surface area (Å²) in [4.78, 5) is 54.6. The quantitative estimate of drug-likeness (QED) is 0.498. The van der Waals surface area contributed by atoms with E-state index in [0.717, 1.165) is 39.1 Å². The van der Waals surface area contributed by atoms with E-state index in [1.54, 1.807) is 24.0 Å². The fourth-order valence-corrected chi connectivity index (χ4v) is 4.20. The highest BCUT2D eigenvalue weighted by molar-refractivity contribution is 6.31. The third-order valence-electron chi connectivity index (χ3n) is 6.30. The Labute approximate surface area is 219 Å². The molecular weight excluding hydrogens is 527 g/mol. The van der Waals surface area contributed by atoms with Crippen molar-refractivity contribution in [1.82, 2.24) is 24.1 Å². The van der Waals surface area contributed by atoms with Crippen molar-refractivity contribution in [3.63, 3.8) is 0 Å². The van der Waals surface area contributed by atoms with Gasteiger partial charge in [-0.15, -0.1) is 0 Å². The minimum Gasteiger partial charge on any atom is -0.339 e. The summed E-state index contributed by atoms with van der Waals surface area (Å²) in [5, 5.41) is 4.41. The minimum atomic E-state index is -4.55. The van der Waals surface area contributed by atoms with E-state index in [1.165, 1.54) is 17.9 Å². The number of hydrogen-bond donors (Lipinski definition) is 0. The first-order valence-corrected chi connectivity index (χ1v) is 12.0. The van der Waals surface area contributed by atoms with Crippen LogP contribution in [0.3, 0.4) is 0 Å². The molecule has 1 saturated heterocycles. The van der Waals surface area contributed by atoms with Crippen molar-refractivity contribution in [1.29, 1.82) is 0 Å². The normalized spacial score (nSPS) is 14.1. The van der Waals surface area contributed by atoms with Gasteiger partial charge < -0.3 is 9.80 Å². The fraction of sp³-hybridized carbons (Fsp3) is 0.320. The molecule has 1 fully saturated rings. The third-order valence-corrected chi connectivity index (χ3v) is 6.70. The van der Waals surface area contributed by atoms with E-state index >= 15 is 0 Å². The number of piperazine rings is 1. The number of aromatic nitrogens is 3. The molecule has 1 aliphatic rings. The van der Waals surface area contributed by atoms with E-state index in [-0.39, 0.29) is 43.3 Å². The first kappa shape index (κ1) is 27.1. The zero-order valence-corrected chi connectivity index (χ0v) is 21.2. The summed E-state index contributed by atoms with van der Waals surface area (Å²) in [7, 11) is 0. The molecule has 0 aliphatic carbocycles. The van der Waals surface area contributed by atoms with Crippen molar-refractivity contribution in [2.45, 2.75) is 26.6 Å². The first-order valence-electron chi connectivity index (χ1n) is 11.6. The van der Waals surface area contributed by atoms with Crippen LogP contribution in [0.2, 0.25) is 5.02 Å². The maximum atomic E-state index is 13.4. The monoisotopic (exact) mass is 549 g/mol. The lowest BCUT2D eigenvalue weighted by Crippen LogP contribution is -2.52. The molecule has 0 spiro atoms. The van der Waals surface area contributed by atoms with Crippen molar-refractivity contribution in [3.8, 4) is 5.69 Å². The van der Waals surface area contributed by atoms with Gasteiger partial charge in [0.15, 0.2) is 0 Å². The Morgan fingerprint density at radius 1 is 0.974 bits per heavy atom. The summed E-state index contributed by atoms with van der Waals surface area (Å²) in [6, 6.07) is 8.65. The molecule has 1 aromatic heterocycles. The molecule has 38 heavy (non-hydrogen) atoms. The van der Waals surface area contributed by atoms with Gasteiger partial charge in [-0.3, -0.25) is 19.0 Å². The number of hydrogen-bond acceptors (Lipinski definition) is 5. The lowest BCUT2D eigenvalue weighted by Gasteiger charge is -2.33.